The second-order valence-corrected chi connectivity index (χ2v) is 7.91. The molecule has 1 aliphatic heterocycles. The van der Waals surface area contributed by atoms with E-state index in [0.29, 0.717) is 13.0 Å². The molecule has 5 nitrogen and oxygen atoms in total. The second kappa shape index (κ2) is 6.08. The zero-order valence-corrected chi connectivity index (χ0v) is 14.3. The first kappa shape index (κ1) is 16.5. The third kappa shape index (κ3) is 3.31. The number of carbonyl (C=O) groups is 1. The molecule has 1 aliphatic rings. The first-order chi connectivity index (χ1) is 9.73. The highest BCUT2D eigenvalue weighted by Crippen LogP contribution is 2.31. The van der Waals surface area contributed by atoms with E-state index < -0.39 is 16.0 Å². The Morgan fingerprint density at radius 2 is 2.10 bits per heavy atom. The maximum absolute atomic E-state index is 12.6. The summed E-state index contributed by atoms with van der Waals surface area (Å²) in [6, 6.07) is 2.42. The third-order valence-electron chi connectivity index (χ3n) is 3.27. The van der Waals surface area contributed by atoms with Crippen molar-refractivity contribution in [2.75, 3.05) is 13.1 Å². The number of carboxylic acids is 1. The van der Waals surface area contributed by atoms with Crippen LogP contribution in [0.4, 0.5) is 0 Å². The van der Waals surface area contributed by atoms with Gasteiger partial charge in [0, 0.05) is 17.6 Å². The summed E-state index contributed by atoms with van der Waals surface area (Å²) in [4.78, 5) is 11.1. The minimum Gasteiger partial charge on any atom is -0.478 e. The van der Waals surface area contributed by atoms with Crippen molar-refractivity contribution in [3.05, 3.63) is 38.8 Å². The van der Waals surface area contributed by atoms with Crippen molar-refractivity contribution in [3.63, 3.8) is 0 Å². The van der Waals surface area contributed by atoms with Crippen LogP contribution in [0.5, 0.6) is 0 Å². The van der Waals surface area contributed by atoms with Gasteiger partial charge in [-0.1, -0.05) is 23.3 Å². The predicted octanol–water partition coefficient (Wildman–Crippen LogP) is 3.14. The molecule has 0 radical (unpaired) electrons. The summed E-state index contributed by atoms with van der Waals surface area (Å²) in [5.74, 6) is -1.27. The molecule has 1 N–H and O–H groups in total. The molecule has 0 saturated carbocycles. The molecule has 1 heterocycles. The Hall–Kier alpha value is -0.890. The molecule has 0 bridgehead atoms. The number of aromatic carboxylic acids is 1. The Balaban J connectivity index is 2.48. The van der Waals surface area contributed by atoms with E-state index in [1.165, 1.54) is 10.4 Å². The van der Waals surface area contributed by atoms with Gasteiger partial charge in [-0.25, -0.2) is 13.2 Å². The van der Waals surface area contributed by atoms with E-state index in [4.69, 9.17) is 16.7 Å². The van der Waals surface area contributed by atoms with Gasteiger partial charge in [0.2, 0.25) is 10.0 Å². The lowest BCUT2D eigenvalue weighted by Crippen LogP contribution is -2.34. The summed E-state index contributed by atoms with van der Waals surface area (Å²) >= 11 is 8.97. The molecule has 0 saturated heterocycles. The van der Waals surface area contributed by atoms with Crippen LogP contribution >= 0.6 is 27.5 Å². The van der Waals surface area contributed by atoms with E-state index >= 15 is 0 Å². The van der Waals surface area contributed by atoms with Gasteiger partial charge in [-0.2, -0.15) is 4.31 Å². The molecule has 0 aromatic heterocycles. The summed E-state index contributed by atoms with van der Waals surface area (Å²) in [5.41, 5.74) is 0.901. The number of nitrogens with zero attached hydrogens (tertiary/aromatic N) is 1. The number of carboxylic acid groups (broad SMARTS) is 1. The molecule has 1 aromatic rings. The van der Waals surface area contributed by atoms with Crippen LogP contribution in [-0.4, -0.2) is 36.9 Å². The molecule has 0 spiro atoms. The van der Waals surface area contributed by atoms with Gasteiger partial charge >= 0.3 is 5.97 Å². The van der Waals surface area contributed by atoms with Gasteiger partial charge < -0.3 is 5.11 Å². The van der Waals surface area contributed by atoms with Crippen molar-refractivity contribution in [3.8, 4) is 0 Å². The third-order valence-corrected chi connectivity index (χ3v) is 6.37. The summed E-state index contributed by atoms with van der Waals surface area (Å²) in [6.45, 7) is 2.62. The number of halogens is 2. The average Bonchev–Trinajstić information content (AvgIpc) is 2.41. The summed E-state index contributed by atoms with van der Waals surface area (Å²) in [5, 5.41) is 9.08. The molecule has 114 valence electrons. The molecule has 0 unspecified atom stereocenters. The van der Waals surface area contributed by atoms with Crippen molar-refractivity contribution in [1.29, 1.82) is 0 Å². The fourth-order valence-electron chi connectivity index (χ4n) is 1.99. The van der Waals surface area contributed by atoms with Crippen molar-refractivity contribution in [2.24, 2.45) is 0 Å². The van der Waals surface area contributed by atoms with Crippen LogP contribution in [0.25, 0.3) is 0 Å². The molecule has 21 heavy (non-hydrogen) atoms. The molecular weight excluding hydrogens is 382 g/mol. The maximum atomic E-state index is 12.6. The average molecular weight is 395 g/mol. The number of sulfonamides is 1. The van der Waals surface area contributed by atoms with Crippen LogP contribution in [0, 0.1) is 0 Å². The smallest absolute Gasteiger partial charge is 0.337 e. The van der Waals surface area contributed by atoms with Crippen molar-refractivity contribution in [2.45, 2.75) is 18.2 Å². The van der Waals surface area contributed by atoms with E-state index in [2.05, 4.69) is 15.9 Å². The topological polar surface area (TPSA) is 74.7 Å². The van der Waals surface area contributed by atoms with Gasteiger partial charge in [0.15, 0.2) is 0 Å². The number of hydrogen-bond acceptors (Lipinski definition) is 3. The maximum Gasteiger partial charge on any atom is 0.337 e. The highest BCUT2D eigenvalue weighted by Gasteiger charge is 2.27. The molecule has 8 heteroatoms. The lowest BCUT2D eigenvalue weighted by atomic mass is 10.1. The first-order valence-electron chi connectivity index (χ1n) is 6.11. The molecule has 0 atom stereocenters. The lowest BCUT2D eigenvalue weighted by molar-refractivity contribution is 0.0696. The van der Waals surface area contributed by atoms with Gasteiger partial charge in [-0.3, -0.25) is 0 Å². The van der Waals surface area contributed by atoms with E-state index in [1.807, 2.05) is 13.0 Å². The SMILES string of the molecule is CC1=CCN(S(=O)(=O)c2cc(Br)c(Cl)c(C(=O)O)c2)CC1. The first-order valence-corrected chi connectivity index (χ1v) is 8.72. The molecular formula is C13H13BrClNO4S. The van der Waals surface area contributed by atoms with E-state index in [-0.39, 0.29) is 26.5 Å². The standard InChI is InChI=1S/C13H13BrClNO4S/c1-8-2-4-16(5-3-8)21(19,20)9-6-10(13(17)18)12(15)11(14)7-9/h2,6-7H,3-5H2,1H3,(H,17,18). The molecule has 0 fully saturated rings. The number of hydrogen-bond donors (Lipinski definition) is 1. The highest BCUT2D eigenvalue weighted by atomic mass is 79.9. The molecule has 0 amide bonds. The fraction of sp³-hybridized carbons (Fsp3) is 0.308. The Kier molecular flexibility index (Phi) is 4.77. The van der Waals surface area contributed by atoms with Crippen LogP contribution in [0.15, 0.2) is 33.2 Å². The van der Waals surface area contributed by atoms with Crippen LogP contribution < -0.4 is 0 Å². The van der Waals surface area contributed by atoms with Crippen LogP contribution in [-0.2, 0) is 10.0 Å². The Bertz CT molecular complexity index is 730. The van der Waals surface area contributed by atoms with Crippen molar-refractivity contribution >= 4 is 43.5 Å². The minimum absolute atomic E-state index is 0.0177. The zero-order valence-electron chi connectivity index (χ0n) is 11.1. The van der Waals surface area contributed by atoms with Gasteiger partial charge in [-0.05, 0) is 41.4 Å². The Morgan fingerprint density at radius 1 is 1.43 bits per heavy atom. The van der Waals surface area contributed by atoms with Gasteiger partial charge in [0.25, 0.3) is 0 Å². The quantitative estimate of drug-likeness (QED) is 0.799. The molecule has 0 aliphatic carbocycles. The van der Waals surface area contributed by atoms with E-state index in [1.54, 1.807) is 0 Å². The predicted molar refractivity (Wildman–Crippen MR) is 83.2 cm³/mol. The molecule has 2 rings (SSSR count). The number of rotatable bonds is 3. The Labute approximate surface area is 136 Å². The number of benzene rings is 1. The van der Waals surface area contributed by atoms with Crippen molar-refractivity contribution < 1.29 is 18.3 Å². The summed E-state index contributed by atoms with van der Waals surface area (Å²) in [6.07, 6.45) is 2.52. The second-order valence-electron chi connectivity index (χ2n) is 4.74. The van der Waals surface area contributed by atoms with E-state index in [9.17, 15) is 13.2 Å². The van der Waals surface area contributed by atoms with Crippen molar-refractivity contribution in [1.82, 2.24) is 4.31 Å². The zero-order chi connectivity index (χ0) is 15.8. The highest BCUT2D eigenvalue weighted by molar-refractivity contribution is 9.10. The summed E-state index contributed by atoms with van der Waals surface area (Å²) < 4.78 is 26.7. The fourth-order valence-corrected chi connectivity index (χ4v) is 4.22. The Morgan fingerprint density at radius 3 is 2.62 bits per heavy atom. The van der Waals surface area contributed by atoms with Gasteiger partial charge in [0.1, 0.15) is 0 Å². The van der Waals surface area contributed by atoms with Crippen LogP contribution in [0.1, 0.15) is 23.7 Å². The minimum atomic E-state index is -3.74. The monoisotopic (exact) mass is 393 g/mol. The van der Waals surface area contributed by atoms with Gasteiger partial charge in [-0.15, -0.1) is 0 Å². The van der Waals surface area contributed by atoms with Crippen LogP contribution in [0.2, 0.25) is 5.02 Å². The van der Waals surface area contributed by atoms with Gasteiger partial charge in [0.05, 0.1) is 15.5 Å². The van der Waals surface area contributed by atoms with Crippen LogP contribution in [0.3, 0.4) is 0 Å². The molecule has 1 aromatic carbocycles. The normalized spacial score (nSPS) is 16.6. The van der Waals surface area contributed by atoms with E-state index in [0.717, 1.165) is 11.6 Å². The largest absolute Gasteiger partial charge is 0.478 e. The summed E-state index contributed by atoms with van der Waals surface area (Å²) in [7, 11) is -3.74. The lowest BCUT2D eigenvalue weighted by Gasteiger charge is -2.25.